The Morgan fingerprint density at radius 2 is 2.38 bits per heavy atom. The number of carbonyl (C=O) groups excluding carboxylic acids is 1. The van der Waals surface area contributed by atoms with Crippen LogP contribution in [0.25, 0.3) is 0 Å². The van der Waals surface area contributed by atoms with Crippen LogP contribution in [0.5, 0.6) is 0 Å². The molecule has 2 fully saturated rings. The van der Waals surface area contributed by atoms with Crippen LogP contribution in [-0.4, -0.2) is 72.2 Å². The summed E-state index contributed by atoms with van der Waals surface area (Å²) in [7, 11) is 0. The molecule has 1 atom stereocenters. The molecule has 0 aromatic carbocycles. The number of thioether (sulfide) groups is 1. The highest BCUT2D eigenvalue weighted by Crippen LogP contribution is 2.32. The second kappa shape index (κ2) is 9.07. The SMILES string of the molecule is C=CN=C(SC)C1=NCC(C(=O)OCC)=C2CC(NSC3COC3)CN12. The van der Waals surface area contributed by atoms with Crippen molar-refractivity contribution >= 4 is 40.6 Å². The van der Waals surface area contributed by atoms with Crippen LogP contribution in [-0.2, 0) is 14.3 Å². The molecule has 2 saturated heterocycles. The monoisotopic (exact) mass is 396 g/mol. The topological polar surface area (TPSA) is 75.5 Å². The van der Waals surface area contributed by atoms with Crippen molar-refractivity contribution in [2.75, 3.05) is 39.2 Å². The fourth-order valence-corrected chi connectivity index (χ4v) is 4.40. The highest BCUT2D eigenvalue weighted by molar-refractivity contribution is 8.15. The molecule has 0 aliphatic carbocycles. The number of carbonyl (C=O) groups is 1. The zero-order chi connectivity index (χ0) is 18.5. The molecule has 3 aliphatic rings. The van der Waals surface area contributed by atoms with Crippen molar-refractivity contribution in [3.05, 3.63) is 24.0 Å². The third-order valence-corrected chi connectivity index (χ3v) is 6.03. The van der Waals surface area contributed by atoms with Crippen molar-refractivity contribution < 1.29 is 14.3 Å². The van der Waals surface area contributed by atoms with E-state index >= 15 is 0 Å². The van der Waals surface area contributed by atoms with Crippen LogP contribution in [0, 0.1) is 0 Å². The van der Waals surface area contributed by atoms with Crippen LogP contribution in [0.3, 0.4) is 0 Å². The summed E-state index contributed by atoms with van der Waals surface area (Å²) in [6.45, 7) is 8.52. The van der Waals surface area contributed by atoms with Gasteiger partial charge in [-0.2, -0.15) is 0 Å². The molecular formula is C17H24N4O3S2. The number of ether oxygens (including phenoxy) is 2. The maximum Gasteiger partial charge on any atom is 0.337 e. The van der Waals surface area contributed by atoms with Gasteiger partial charge >= 0.3 is 5.97 Å². The first-order valence-electron chi connectivity index (χ1n) is 8.61. The van der Waals surface area contributed by atoms with Crippen molar-refractivity contribution in [1.82, 2.24) is 9.62 Å². The standard InChI is InChI=1S/C17H24N4O3S2/c1-4-18-16(25-3)15-19-7-13(17(22)24-5-2)14-6-11(8-21(14)15)20-26-12-9-23-10-12/h4,11-12,20H,1,5-10H2,2-3H3. The number of esters is 1. The summed E-state index contributed by atoms with van der Waals surface area (Å²) in [5.74, 6) is 0.532. The zero-order valence-corrected chi connectivity index (χ0v) is 16.7. The van der Waals surface area contributed by atoms with Gasteiger partial charge in [0.1, 0.15) is 5.04 Å². The molecule has 3 rings (SSSR count). The predicted octanol–water partition coefficient (Wildman–Crippen LogP) is 1.83. The van der Waals surface area contributed by atoms with Gasteiger partial charge in [-0.3, -0.25) is 9.71 Å². The summed E-state index contributed by atoms with van der Waals surface area (Å²) in [5.41, 5.74) is 1.64. The van der Waals surface area contributed by atoms with Crippen molar-refractivity contribution in [2.24, 2.45) is 9.98 Å². The van der Waals surface area contributed by atoms with E-state index in [0.717, 1.165) is 42.8 Å². The summed E-state index contributed by atoms with van der Waals surface area (Å²) >= 11 is 3.25. The van der Waals surface area contributed by atoms with Gasteiger partial charge in [0.15, 0.2) is 5.84 Å². The molecular weight excluding hydrogens is 372 g/mol. The van der Waals surface area contributed by atoms with E-state index in [0.29, 0.717) is 24.0 Å². The molecule has 0 amide bonds. The van der Waals surface area contributed by atoms with E-state index in [1.807, 2.05) is 13.2 Å². The van der Waals surface area contributed by atoms with E-state index in [1.165, 1.54) is 18.0 Å². The largest absolute Gasteiger partial charge is 0.463 e. The molecule has 142 valence electrons. The molecule has 1 unspecified atom stereocenters. The Bertz CT molecular complexity index is 658. The molecule has 0 radical (unpaired) electrons. The highest BCUT2D eigenvalue weighted by atomic mass is 32.2. The van der Waals surface area contributed by atoms with Gasteiger partial charge in [0.05, 0.1) is 37.2 Å². The van der Waals surface area contributed by atoms with Crippen LogP contribution >= 0.6 is 23.7 Å². The Morgan fingerprint density at radius 1 is 1.58 bits per heavy atom. The lowest BCUT2D eigenvalue weighted by Crippen LogP contribution is -2.40. The Kier molecular flexibility index (Phi) is 6.80. The van der Waals surface area contributed by atoms with Gasteiger partial charge in [-0.25, -0.2) is 9.79 Å². The molecule has 9 heteroatoms. The van der Waals surface area contributed by atoms with Gasteiger partial charge < -0.3 is 14.4 Å². The quantitative estimate of drug-likeness (QED) is 0.304. The fraction of sp³-hybridized carbons (Fsp3) is 0.588. The van der Waals surface area contributed by atoms with Crippen LogP contribution in [0.2, 0.25) is 0 Å². The van der Waals surface area contributed by atoms with Gasteiger partial charge in [-0.15, -0.1) is 11.8 Å². The first kappa shape index (κ1) is 19.5. The molecule has 26 heavy (non-hydrogen) atoms. The van der Waals surface area contributed by atoms with E-state index in [-0.39, 0.29) is 12.0 Å². The molecule has 0 bridgehead atoms. The summed E-state index contributed by atoms with van der Waals surface area (Å²) in [6.07, 6.45) is 4.26. The number of amidine groups is 1. The number of nitrogens with one attached hydrogen (secondary N) is 1. The predicted molar refractivity (Wildman–Crippen MR) is 108 cm³/mol. The highest BCUT2D eigenvalue weighted by Gasteiger charge is 2.38. The van der Waals surface area contributed by atoms with Crippen LogP contribution in [0.4, 0.5) is 0 Å². The number of hydrogen-bond donors (Lipinski definition) is 1. The number of fused-ring (bicyclic) bond motifs is 1. The molecule has 3 heterocycles. The van der Waals surface area contributed by atoms with Crippen LogP contribution in [0.1, 0.15) is 13.3 Å². The Hall–Kier alpha value is -1.29. The first-order valence-corrected chi connectivity index (χ1v) is 10.7. The smallest absolute Gasteiger partial charge is 0.337 e. The first-order chi connectivity index (χ1) is 12.7. The van der Waals surface area contributed by atoms with Crippen molar-refractivity contribution in [2.45, 2.75) is 24.6 Å². The van der Waals surface area contributed by atoms with E-state index in [4.69, 9.17) is 9.47 Å². The lowest BCUT2D eigenvalue weighted by atomic mass is 10.1. The maximum absolute atomic E-state index is 12.4. The average molecular weight is 397 g/mol. The molecule has 0 aromatic rings. The number of aliphatic imine (C=N–C) groups is 2. The van der Waals surface area contributed by atoms with Gasteiger partial charge in [-0.1, -0.05) is 18.5 Å². The Balaban J connectivity index is 1.80. The van der Waals surface area contributed by atoms with Gasteiger partial charge in [0, 0.05) is 30.9 Å². The molecule has 1 N–H and O–H groups in total. The minimum absolute atomic E-state index is 0.232. The lowest BCUT2D eigenvalue weighted by Gasteiger charge is -2.28. The summed E-state index contributed by atoms with van der Waals surface area (Å²) in [4.78, 5) is 23.5. The molecule has 3 aliphatic heterocycles. The van der Waals surface area contributed by atoms with Crippen molar-refractivity contribution in [1.29, 1.82) is 0 Å². The van der Waals surface area contributed by atoms with Gasteiger partial charge in [0.2, 0.25) is 0 Å². The Labute approximate surface area is 162 Å². The second-order valence-corrected chi connectivity index (χ2v) is 7.95. The average Bonchev–Trinajstić information content (AvgIpc) is 3.01. The fourth-order valence-electron chi connectivity index (χ4n) is 2.99. The molecule has 7 nitrogen and oxygen atoms in total. The third-order valence-electron chi connectivity index (χ3n) is 4.28. The molecule has 0 aromatic heterocycles. The lowest BCUT2D eigenvalue weighted by molar-refractivity contribution is -0.138. The number of hydrogen-bond acceptors (Lipinski definition) is 9. The van der Waals surface area contributed by atoms with E-state index in [9.17, 15) is 4.79 Å². The van der Waals surface area contributed by atoms with Crippen LogP contribution in [0.15, 0.2) is 34.0 Å². The third kappa shape index (κ3) is 4.16. The summed E-state index contributed by atoms with van der Waals surface area (Å²) in [5, 5.41) is 1.31. The van der Waals surface area contributed by atoms with Gasteiger partial charge in [-0.05, 0) is 13.2 Å². The van der Waals surface area contributed by atoms with Crippen molar-refractivity contribution in [3.63, 3.8) is 0 Å². The van der Waals surface area contributed by atoms with Crippen LogP contribution < -0.4 is 4.72 Å². The Morgan fingerprint density at radius 3 is 3.00 bits per heavy atom. The minimum atomic E-state index is -0.276. The zero-order valence-electron chi connectivity index (χ0n) is 15.1. The second-order valence-electron chi connectivity index (χ2n) is 6.01. The summed E-state index contributed by atoms with van der Waals surface area (Å²) < 4.78 is 14.0. The van der Waals surface area contributed by atoms with E-state index in [2.05, 4.69) is 26.2 Å². The minimum Gasteiger partial charge on any atom is -0.463 e. The normalized spacial score (nSPS) is 23.5. The van der Waals surface area contributed by atoms with E-state index in [1.54, 1.807) is 11.9 Å². The van der Waals surface area contributed by atoms with Crippen molar-refractivity contribution in [3.8, 4) is 0 Å². The number of rotatable bonds is 7. The molecule has 0 saturated carbocycles. The molecule has 0 spiro atoms. The van der Waals surface area contributed by atoms with E-state index < -0.39 is 0 Å². The summed E-state index contributed by atoms with van der Waals surface area (Å²) in [6, 6.07) is 0.232. The maximum atomic E-state index is 12.4. The van der Waals surface area contributed by atoms with Gasteiger partial charge in [0.25, 0.3) is 0 Å². The number of nitrogens with zero attached hydrogens (tertiary/aromatic N) is 3.